The van der Waals surface area contributed by atoms with Gasteiger partial charge in [-0.15, -0.1) is 0 Å². The zero-order valence-corrected chi connectivity index (χ0v) is 19.5. The summed E-state index contributed by atoms with van der Waals surface area (Å²) in [4.78, 5) is 0.0782. The highest BCUT2D eigenvalue weighted by molar-refractivity contribution is 7.93. The van der Waals surface area contributed by atoms with E-state index in [4.69, 9.17) is 0 Å². The van der Waals surface area contributed by atoms with Gasteiger partial charge < -0.3 is 5.11 Å². The largest absolute Gasteiger partial charge is 0.505 e. The third-order valence-electron chi connectivity index (χ3n) is 5.17. The Morgan fingerprint density at radius 1 is 0.606 bits per heavy atom. The fourth-order valence-corrected chi connectivity index (χ4v) is 5.49. The number of benzene rings is 4. The van der Waals surface area contributed by atoms with Crippen LogP contribution in [0, 0.1) is 13.8 Å². The highest BCUT2D eigenvalue weighted by Crippen LogP contribution is 2.39. The zero-order valence-electron chi connectivity index (χ0n) is 17.9. The van der Waals surface area contributed by atoms with Crippen molar-refractivity contribution < 1.29 is 21.9 Å². The molecule has 0 amide bonds. The van der Waals surface area contributed by atoms with E-state index in [0.717, 1.165) is 11.1 Å². The van der Waals surface area contributed by atoms with Crippen LogP contribution in [0.25, 0.3) is 10.8 Å². The quantitative estimate of drug-likeness (QED) is 0.271. The molecule has 0 radical (unpaired) electrons. The molecule has 0 aliphatic heterocycles. The predicted molar refractivity (Wildman–Crippen MR) is 130 cm³/mol. The smallest absolute Gasteiger partial charge is 0.262 e. The lowest BCUT2D eigenvalue weighted by atomic mass is 10.1. The Morgan fingerprint density at radius 2 is 1.03 bits per heavy atom. The number of sulfonamides is 2. The van der Waals surface area contributed by atoms with Gasteiger partial charge in [-0.3, -0.25) is 9.44 Å². The van der Waals surface area contributed by atoms with Crippen molar-refractivity contribution in [2.45, 2.75) is 23.6 Å². The second-order valence-corrected chi connectivity index (χ2v) is 11.1. The molecule has 9 heteroatoms. The molecule has 0 fully saturated rings. The molecular weight excluding hydrogens is 460 g/mol. The van der Waals surface area contributed by atoms with Gasteiger partial charge >= 0.3 is 0 Å². The number of anilines is 2. The molecule has 0 aliphatic rings. The van der Waals surface area contributed by atoms with Crippen molar-refractivity contribution in [3.8, 4) is 5.75 Å². The van der Waals surface area contributed by atoms with Gasteiger partial charge in [0.1, 0.15) is 5.75 Å². The van der Waals surface area contributed by atoms with Gasteiger partial charge in [0.05, 0.1) is 21.2 Å². The van der Waals surface area contributed by atoms with Crippen LogP contribution in [-0.2, 0) is 20.0 Å². The zero-order chi connectivity index (χ0) is 23.8. The number of aryl methyl sites for hydroxylation is 2. The lowest BCUT2D eigenvalue weighted by Crippen LogP contribution is -2.15. The van der Waals surface area contributed by atoms with Gasteiger partial charge in [-0.05, 0) is 44.2 Å². The average molecular weight is 483 g/mol. The van der Waals surface area contributed by atoms with Crippen LogP contribution in [-0.4, -0.2) is 21.9 Å². The SMILES string of the molecule is Cc1ccc(S(=O)(=O)Nc2cc(NS(=O)(=O)c3ccc(C)cc3)c3ccccc3c2O)cc1. The van der Waals surface area contributed by atoms with Gasteiger partial charge in [0.2, 0.25) is 0 Å². The van der Waals surface area contributed by atoms with Crippen LogP contribution in [0.2, 0.25) is 0 Å². The van der Waals surface area contributed by atoms with Crippen molar-refractivity contribution in [3.63, 3.8) is 0 Å². The number of hydrogen-bond acceptors (Lipinski definition) is 5. The fraction of sp³-hybridized carbons (Fsp3) is 0.0833. The summed E-state index contributed by atoms with van der Waals surface area (Å²) in [6, 6.07) is 20.4. The minimum Gasteiger partial charge on any atom is -0.505 e. The van der Waals surface area contributed by atoms with E-state index < -0.39 is 20.0 Å². The Kier molecular flexibility index (Phi) is 5.77. The van der Waals surface area contributed by atoms with Gasteiger partial charge in [0.25, 0.3) is 20.0 Å². The van der Waals surface area contributed by atoms with Gasteiger partial charge in [-0.1, -0.05) is 59.7 Å². The van der Waals surface area contributed by atoms with Gasteiger partial charge in [-0.2, -0.15) is 0 Å². The molecule has 0 heterocycles. The Labute approximate surface area is 192 Å². The summed E-state index contributed by atoms with van der Waals surface area (Å²) >= 11 is 0. The normalized spacial score (nSPS) is 11.9. The van der Waals surface area contributed by atoms with E-state index in [1.807, 2.05) is 13.8 Å². The number of hydrogen-bond donors (Lipinski definition) is 3. The molecule has 0 spiro atoms. The Hall–Kier alpha value is -3.56. The molecule has 4 aromatic carbocycles. The minimum absolute atomic E-state index is 0.0162. The summed E-state index contributed by atoms with van der Waals surface area (Å²) < 4.78 is 56.6. The van der Waals surface area contributed by atoms with Crippen LogP contribution < -0.4 is 9.44 Å². The van der Waals surface area contributed by atoms with Crippen LogP contribution >= 0.6 is 0 Å². The molecule has 0 unspecified atom stereocenters. The molecular formula is C24H22N2O5S2. The molecule has 7 nitrogen and oxygen atoms in total. The summed E-state index contributed by atoms with van der Waals surface area (Å²) in [5.41, 5.74) is 1.80. The predicted octanol–water partition coefficient (Wildman–Crippen LogP) is 4.76. The maximum Gasteiger partial charge on any atom is 0.262 e. The van der Waals surface area contributed by atoms with E-state index >= 15 is 0 Å². The summed E-state index contributed by atoms with van der Waals surface area (Å²) in [6.07, 6.45) is 0. The van der Waals surface area contributed by atoms with E-state index in [-0.39, 0.29) is 26.9 Å². The lowest BCUT2D eigenvalue weighted by molar-refractivity contribution is 0.484. The number of nitrogens with one attached hydrogen (secondary N) is 2. The molecule has 0 bridgehead atoms. The summed E-state index contributed by atoms with van der Waals surface area (Å²) in [5, 5.41) is 11.5. The molecule has 0 saturated carbocycles. The molecule has 0 saturated heterocycles. The molecule has 170 valence electrons. The second kappa shape index (κ2) is 8.42. The van der Waals surface area contributed by atoms with E-state index in [2.05, 4.69) is 9.44 Å². The van der Waals surface area contributed by atoms with Crippen molar-refractivity contribution in [3.05, 3.63) is 90.0 Å². The minimum atomic E-state index is -4.03. The Bertz CT molecular complexity index is 1550. The Balaban J connectivity index is 1.80. The van der Waals surface area contributed by atoms with Crippen molar-refractivity contribution >= 4 is 42.2 Å². The van der Waals surface area contributed by atoms with Gasteiger partial charge in [-0.25, -0.2) is 16.8 Å². The van der Waals surface area contributed by atoms with Crippen LogP contribution in [0.3, 0.4) is 0 Å². The van der Waals surface area contributed by atoms with Crippen molar-refractivity contribution in [2.75, 3.05) is 9.44 Å². The third kappa shape index (κ3) is 4.64. The monoisotopic (exact) mass is 482 g/mol. The van der Waals surface area contributed by atoms with E-state index in [9.17, 15) is 21.9 Å². The van der Waals surface area contributed by atoms with Crippen LogP contribution in [0.15, 0.2) is 88.7 Å². The van der Waals surface area contributed by atoms with Crippen LogP contribution in [0.1, 0.15) is 11.1 Å². The lowest BCUT2D eigenvalue weighted by Gasteiger charge is -2.16. The summed E-state index contributed by atoms with van der Waals surface area (Å²) in [5.74, 6) is -0.306. The molecule has 3 N–H and O–H groups in total. The van der Waals surface area contributed by atoms with Crippen molar-refractivity contribution in [1.82, 2.24) is 0 Å². The molecule has 0 atom stereocenters. The highest BCUT2D eigenvalue weighted by atomic mass is 32.2. The first-order chi connectivity index (χ1) is 15.6. The highest BCUT2D eigenvalue weighted by Gasteiger charge is 2.21. The number of aromatic hydroxyl groups is 1. The maximum absolute atomic E-state index is 13.0. The summed E-state index contributed by atoms with van der Waals surface area (Å²) in [7, 11) is -7.99. The topological polar surface area (TPSA) is 113 Å². The fourth-order valence-electron chi connectivity index (χ4n) is 3.36. The standard InChI is InChI=1S/C24H22N2O5S2/c1-16-7-11-18(12-8-16)32(28,29)25-22-15-23(24(27)21-6-4-3-5-20(21)22)26-33(30,31)19-13-9-17(2)10-14-19/h3-15,25-27H,1-2H3. The molecule has 0 aromatic heterocycles. The van der Waals surface area contributed by atoms with Crippen LogP contribution in [0.4, 0.5) is 11.4 Å². The molecule has 4 aromatic rings. The molecule has 0 aliphatic carbocycles. The summed E-state index contributed by atoms with van der Waals surface area (Å²) in [6.45, 7) is 3.69. The Morgan fingerprint density at radius 3 is 1.52 bits per heavy atom. The van der Waals surface area contributed by atoms with Gasteiger partial charge in [0, 0.05) is 10.8 Å². The van der Waals surface area contributed by atoms with Crippen LogP contribution in [0.5, 0.6) is 5.75 Å². The van der Waals surface area contributed by atoms with Crippen molar-refractivity contribution in [2.24, 2.45) is 0 Å². The third-order valence-corrected chi connectivity index (χ3v) is 7.93. The van der Waals surface area contributed by atoms with E-state index in [1.165, 1.54) is 30.3 Å². The molecule has 33 heavy (non-hydrogen) atoms. The number of rotatable bonds is 6. The second-order valence-electron chi connectivity index (χ2n) is 7.70. The number of phenolic OH excluding ortho intramolecular Hbond substituents is 1. The first-order valence-corrected chi connectivity index (χ1v) is 13.0. The first-order valence-electron chi connectivity index (χ1n) is 10.0. The van der Waals surface area contributed by atoms with E-state index in [1.54, 1.807) is 48.5 Å². The maximum atomic E-state index is 13.0. The van der Waals surface area contributed by atoms with Gasteiger partial charge in [0.15, 0.2) is 0 Å². The molecule has 4 rings (SSSR count). The number of phenols is 1. The van der Waals surface area contributed by atoms with Crippen molar-refractivity contribution in [1.29, 1.82) is 0 Å². The number of fused-ring (bicyclic) bond motifs is 1. The average Bonchev–Trinajstić information content (AvgIpc) is 2.77. The first kappa shape index (κ1) is 22.6. The van der Waals surface area contributed by atoms with E-state index in [0.29, 0.717) is 10.8 Å².